The van der Waals surface area contributed by atoms with Crippen LogP contribution in [0.15, 0.2) is 48.5 Å². The van der Waals surface area contributed by atoms with Gasteiger partial charge in [-0.2, -0.15) is 0 Å². The third-order valence-electron chi connectivity index (χ3n) is 4.69. The highest BCUT2D eigenvalue weighted by molar-refractivity contribution is 7.71. The molecule has 0 aliphatic carbocycles. The van der Waals surface area contributed by atoms with Crippen LogP contribution in [-0.4, -0.2) is 26.5 Å². The summed E-state index contributed by atoms with van der Waals surface area (Å²) in [6.07, 6.45) is 0.738. The third kappa shape index (κ3) is 4.17. The fourth-order valence-corrected chi connectivity index (χ4v) is 3.57. The van der Waals surface area contributed by atoms with Crippen molar-refractivity contribution in [1.29, 1.82) is 0 Å². The number of aromatic nitrogens is 2. The summed E-state index contributed by atoms with van der Waals surface area (Å²) >= 11 is 5.62. The fourth-order valence-electron chi connectivity index (χ4n) is 3.19. The van der Waals surface area contributed by atoms with Gasteiger partial charge in [0, 0.05) is 37.1 Å². The van der Waals surface area contributed by atoms with Gasteiger partial charge in [0.05, 0.1) is 11.0 Å². The molecule has 0 saturated carbocycles. The van der Waals surface area contributed by atoms with E-state index in [1.807, 2.05) is 39.5 Å². The zero-order valence-corrected chi connectivity index (χ0v) is 16.8. The number of hydrogen-bond donors (Lipinski definition) is 0. The molecule has 0 saturated heterocycles. The number of imidazole rings is 1. The molecular formula is C22H22N2O3S. The highest BCUT2D eigenvalue weighted by Gasteiger charge is 2.15. The topological polar surface area (TPSA) is 61.1 Å². The standard InChI is InChI=1S/C22H22N2O3S/c1-15(25)10-12-23-19-9-8-18(21(27)17-6-4-3-5-7-17)14-20(19)24(22(23)28)13-11-16(2)26/h3-9,14H,10-13H2,1-2H3. The number of fused-ring (bicyclic) bond motifs is 1. The van der Waals surface area contributed by atoms with Gasteiger partial charge in [-0.25, -0.2) is 0 Å². The maximum Gasteiger partial charge on any atom is 0.193 e. The smallest absolute Gasteiger partial charge is 0.193 e. The fraction of sp³-hybridized carbons (Fsp3) is 0.273. The quantitative estimate of drug-likeness (QED) is 0.421. The maximum absolute atomic E-state index is 12.8. The van der Waals surface area contributed by atoms with Crippen LogP contribution in [-0.2, 0) is 22.7 Å². The normalized spacial score (nSPS) is 10.9. The molecule has 0 spiro atoms. The second-order valence-corrected chi connectivity index (χ2v) is 7.25. The van der Waals surface area contributed by atoms with E-state index < -0.39 is 0 Å². The second kappa shape index (κ2) is 8.44. The second-order valence-electron chi connectivity index (χ2n) is 6.89. The zero-order chi connectivity index (χ0) is 20.3. The van der Waals surface area contributed by atoms with E-state index in [0.717, 1.165) is 11.0 Å². The molecule has 1 heterocycles. The first kappa shape index (κ1) is 19.9. The summed E-state index contributed by atoms with van der Waals surface area (Å²) in [6.45, 7) is 4.02. The molecule has 0 fully saturated rings. The van der Waals surface area contributed by atoms with E-state index in [0.29, 0.717) is 41.8 Å². The summed E-state index contributed by atoms with van der Waals surface area (Å²) in [6, 6.07) is 14.6. The average Bonchev–Trinajstić information content (AvgIpc) is 2.94. The molecule has 1 aromatic heterocycles. The van der Waals surface area contributed by atoms with Gasteiger partial charge in [-0.3, -0.25) is 14.4 Å². The molecule has 144 valence electrons. The van der Waals surface area contributed by atoms with Gasteiger partial charge in [0.1, 0.15) is 11.6 Å². The summed E-state index contributed by atoms with van der Waals surface area (Å²) in [5, 5.41) is 0. The van der Waals surface area contributed by atoms with Crippen molar-refractivity contribution in [1.82, 2.24) is 9.13 Å². The molecule has 3 rings (SSSR count). The number of aryl methyl sites for hydroxylation is 2. The van der Waals surface area contributed by atoms with Crippen molar-refractivity contribution in [3.05, 3.63) is 64.4 Å². The highest BCUT2D eigenvalue weighted by Crippen LogP contribution is 2.22. The van der Waals surface area contributed by atoms with Crippen LogP contribution in [0.3, 0.4) is 0 Å². The van der Waals surface area contributed by atoms with Crippen LogP contribution in [0.1, 0.15) is 42.6 Å². The highest BCUT2D eigenvalue weighted by atomic mass is 32.1. The number of Topliss-reactive ketones (excluding diaryl/α,β-unsaturated/α-hetero) is 2. The first-order valence-electron chi connectivity index (χ1n) is 9.20. The minimum atomic E-state index is -0.0666. The Bertz CT molecular complexity index is 1110. The molecule has 0 unspecified atom stereocenters. The van der Waals surface area contributed by atoms with Gasteiger partial charge in [-0.05, 0) is 44.3 Å². The van der Waals surface area contributed by atoms with E-state index in [-0.39, 0.29) is 17.3 Å². The van der Waals surface area contributed by atoms with Crippen LogP contribution in [0.4, 0.5) is 0 Å². The first-order chi connectivity index (χ1) is 13.4. The molecule has 6 heteroatoms. The number of ketones is 3. The number of benzene rings is 2. The van der Waals surface area contributed by atoms with E-state index in [1.54, 1.807) is 32.0 Å². The van der Waals surface area contributed by atoms with Crippen molar-refractivity contribution < 1.29 is 14.4 Å². The van der Waals surface area contributed by atoms with Crippen molar-refractivity contribution in [2.75, 3.05) is 0 Å². The predicted octanol–water partition coefficient (Wildman–Crippen LogP) is 4.36. The molecule has 0 N–H and O–H groups in total. The van der Waals surface area contributed by atoms with E-state index >= 15 is 0 Å². The Morgan fingerprint density at radius 2 is 1.36 bits per heavy atom. The zero-order valence-electron chi connectivity index (χ0n) is 16.0. The summed E-state index contributed by atoms with van der Waals surface area (Å²) in [7, 11) is 0. The van der Waals surface area contributed by atoms with Gasteiger partial charge < -0.3 is 9.13 Å². The predicted molar refractivity (Wildman–Crippen MR) is 111 cm³/mol. The molecule has 3 aromatic rings. The monoisotopic (exact) mass is 394 g/mol. The minimum Gasteiger partial charge on any atom is -0.316 e. The summed E-state index contributed by atoms with van der Waals surface area (Å²) in [5.41, 5.74) is 2.84. The van der Waals surface area contributed by atoms with Gasteiger partial charge in [0.2, 0.25) is 0 Å². The lowest BCUT2D eigenvalue weighted by Gasteiger charge is -2.05. The maximum atomic E-state index is 12.8. The van der Waals surface area contributed by atoms with Crippen molar-refractivity contribution >= 4 is 40.6 Å². The lowest BCUT2D eigenvalue weighted by atomic mass is 10.0. The van der Waals surface area contributed by atoms with E-state index in [4.69, 9.17) is 12.2 Å². The Hall–Kier alpha value is -2.86. The van der Waals surface area contributed by atoms with E-state index in [9.17, 15) is 14.4 Å². The van der Waals surface area contributed by atoms with Crippen LogP contribution >= 0.6 is 12.2 Å². The molecule has 28 heavy (non-hydrogen) atoms. The van der Waals surface area contributed by atoms with Gasteiger partial charge in [0.15, 0.2) is 10.6 Å². The van der Waals surface area contributed by atoms with Crippen molar-refractivity contribution in [2.24, 2.45) is 0 Å². The Kier molecular flexibility index (Phi) is 5.99. The van der Waals surface area contributed by atoms with Gasteiger partial charge in [-0.1, -0.05) is 30.3 Å². The molecule has 0 aliphatic rings. The summed E-state index contributed by atoms with van der Waals surface area (Å²) < 4.78 is 4.35. The lowest BCUT2D eigenvalue weighted by Crippen LogP contribution is -2.06. The molecule has 5 nitrogen and oxygen atoms in total. The van der Waals surface area contributed by atoms with Gasteiger partial charge >= 0.3 is 0 Å². The van der Waals surface area contributed by atoms with Crippen LogP contribution in [0.2, 0.25) is 0 Å². The molecule has 0 radical (unpaired) electrons. The Morgan fingerprint density at radius 3 is 1.93 bits per heavy atom. The molecule has 2 aromatic carbocycles. The molecular weight excluding hydrogens is 372 g/mol. The Balaban J connectivity index is 2.10. The number of rotatable bonds is 8. The van der Waals surface area contributed by atoms with E-state index in [2.05, 4.69) is 0 Å². The first-order valence-corrected chi connectivity index (χ1v) is 9.61. The summed E-state index contributed by atoms with van der Waals surface area (Å²) in [5.74, 6) is 0.0912. The molecule has 0 aliphatic heterocycles. The number of carbonyl (C=O) groups excluding carboxylic acids is 3. The van der Waals surface area contributed by atoms with Crippen molar-refractivity contribution in [2.45, 2.75) is 39.8 Å². The van der Waals surface area contributed by atoms with Crippen LogP contribution in [0.25, 0.3) is 11.0 Å². The Morgan fingerprint density at radius 1 is 0.786 bits per heavy atom. The van der Waals surface area contributed by atoms with Gasteiger partial charge in [0.25, 0.3) is 0 Å². The Labute approximate surface area is 168 Å². The molecule has 0 bridgehead atoms. The lowest BCUT2D eigenvalue weighted by molar-refractivity contribution is -0.118. The SMILES string of the molecule is CC(=O)CCn1c(=S)n(CCC(C)=O)c2cc(C(=O)c3ccccc3)ccc21. The minimum absolute atomic E-state index is 0.0666. The van der Waals surface area contributed by atoms with Gasteiger partial charge in [-0.15, -0.1) is 0 Å². The average molecular weight is 394 g/mol. The largest absolute Gasteiger partial charge is 0.316 e. The molecule has 0 amide bonds. The number of carbonyl (C=O) groups is 3. The molecule has 0 atom stereocenters. The third-order valence-corrected chi connectivity index (χ3v) is 5.13. The number of hydrogen-bond acceptors (Lipinski definition) is 4. The van der Waals surface area contributed by atoms with E-state index in [1.165, 1.54) is 0 Å². The van der Waals surface area contributed by atoms with Crippen molar-refractivity contribution in [3.63, 3.8) is 0 Å². The van der Waals surface area contributed by atoms with Crippen LogP contribution < -0.4 is 0 Å². The van der Waals surface area contributed by atoms with Crippen molar-refractivity contribution in [3.8, 4) is 0 Å². The number of nitrogens with zero attached hydrogens (tertiary/aromatic N) is 2. The summed E-state index contributed by atoms with van der Waals surface area (Å²) in [4.78, 5) is 35.8. The van der Waals surface area contributed by atoms with Crippen LogP contribution in [0.5, 0.6) is 0 Å². The van der Waals surface area contributed by atoms with Crippen LogP contribution in [0, 0.1) is 4.77 Å².